The minimum Gasteiger partial charge on any atom is -0.370 e. The van der Waals surface area contributed by atoms with E-state index in [1.807, 2.05) is 24.6 Å². The molecule has 1 atom stereocenters. The van der Waals surface area contributed by atoms with Gasteiger partial charge in [0, 0.05) is 27.4 Å². The van der Waals surface area contributed by atoms with Gasteiger partial charge in [0.05, 0.1) is 0 Å². The number of hydrogen-bond donors (Lipinski definition) is 0. The third-order valence-corrected chi connectivity index (χ3v) is 3.61. The van der Waals surface area contributed by atoms with E-state index in [1.165, 1.54) is 11.3 Å². The SMILES string of the molecule is CCOC(CC)C(=O)c1cscc1Br. The lowest BCUT2D eigenvalue weighted by Gasteiger charge is -2.12. The van der Waals surface area contributed by atoms with Crippen LogP contribution in [0.15, 0.2) is 15.2 Å². The van der Waals surface area contributed by atoms with Gasteiger partial charge in [0.2, 0.25) is 0 Å². The molecule has 1 unspecified atom stereocenters. The van der Waals surface area contributed by atoms with Crippen molar-refractivity contribution in [2.45, 2.75) is 26.4 Å². The summed E-state index contributed by atoms with van der Waals surface area (Å²) in [4.78, 5) is 11.9. The van der Waals surface area contributed by atoms with E-state index in [9.17, 15) is 4.79 Å². The fourth-order valence-electron chi connectivity index (χ4n) is 1.21. The number of ketones is 1. The minimum absolute atomic E-state index is 0.0717. The summed E-state index contributed by atoms with van der Waals surface area (Å²) in [7, 11) is 0. The number of Topliss-reactive ketones (excluding diaryl/α,β-unsaturated/α-hetero) is 1. The van der Waals surface area contributed by atoms with Crippen molar-refractivity contribution in [2.24, 2.45) is 0 Å². The summed E-state index contributed by atoms with van der Waals surface area (Å²) in [6.07, 6.45) is 0.417. The summed E-state index contributed by atoms with van der Waals surface area (Å²) in [6.45, 7) is 4.43. The van der Waals surface area contributed by atoms with E-state index in [0.29, 0.717) is 6.61 Å². The maximum Gasteiger partial charge on any atom is 0.193 e. The van der Waals surface area contributed by atoms with Gasteiger partial charge in [0.1, 0.15) is 6.10 Å². The van der Waals surface area contributed by atoms with E-state index in [2.05, 4.69) is 15.9 Å². The molecule has 0 saturated carbocycles. The Morgan fingerprint density at radius 3 is 2.71 bits per heavy atom. The average molecular weight is 277 g/mol. The van der Waals surface area contributed by atoms with Crippen LogP contribution in [0.3, 0.4) is 0 Å². The second-order valence-corrected chi connectivity index (χ2v) is 4.45. The maximum atomic E-state index is 11.9. The van der Waals surface area contributed by atoms with Crippen molar-refractivity contribution >= 4 is 33.0 Å². The van der Waals surface area contributed by atoms with Gasteiger partial charge in [-0.3, -0.25) is 4.79 Å². The summed E-state index contributed by atoms with van der Waals surface area (Å²) in [6, 6.07) is 0. The molecule has 2 nitrogen and oxygen atoms in total. The third-order valence-electron chi connectivity index (χ3n) is 1.91. The van der Waals surface area contributed by atoms with Gasteiger partial charge >= 0.3 is 0 Å². The van der Waals surface area contributed by atoms with Gasteiger partial charge in [-0.1, -0.05) is 6.92 Å². The van der Waals surface area contributed by atoms with Gasteiger partial charge < -0.3 is 4.74 Å². The van der Waals surface area contributed by atoms with Gasteiger partial charge in [-0.15, -0.1) is 0 Å². The summed E-state index contributed by atoms with van der Waals surface area (Å²) >= 11 is 4.87. The fourth-order valence-corrected chi connectivity index (χ4v) is 2.69. The zero-order valence-corrected chi connectivity index (χ0v) is 10.7. The minimum atomic E-state index is -0.300. The molecule has 0 aliphatic heterocycles. The highest BCUT2D eigenvalue weighted by molar-refractivity contribution is 9.10. The lowest BCUT2D eigenvalue weighted by molar-refractivity contribution is 0.0443. The van der Waals surface area contributed by atoms with Crippen LogP contribution in [0.2, 0.25) is 0 Å². The quantitative estimate of drug-likeness (QED) is 0.770. The van der Waals surface area contributed by atoms with Crippen molar-refractivity contribution in [1.29, 1.82) is 0 Å². The first kappa shape index (κ1) is 11.9. The standard InChI is InChI=1S/C10H13BrO2S/c1-3-9(13-4-2)10(12)7-5-14-6-8(7)11/h5-6,9H,3-4H2,1-2H3. The summed E-state index contributed by atoms with van der Waals surface area (Å²) in [5, 5.41) is 3.76. The maximum absolute atomic E-state index is 11.9. The first-order valence-electron chi connectivity index (χ1n) is 4.58. The van der Waals surface area contributed by atoms with Crippen molar-refractivity contribution in [3.8, 4) is 0 Å². The molecule has 1 aromatic rings. The highest BCUT2D eigenvalue weighted by atomic mass is 79.9. The van der Waals surface area contributed by atoms with Crippen LogP contribution in [-0.2, 0) is 4.74 Å². The van der Waals surface area contributed by atoms with E-state index < -0.39 is 0 Å². The second kappa shape index (κ2) is 5.63. The molecule has 0 spiro atoms. The largest absolute Gasteiger partial charge is 0.370 e. The van der Waals surface area contributed by atoms with Gasteiger partial charge in [0.15, 0.2) is 5.78 Å². The topological polar surface area (TPSA) is 26.3 Å². The number of carbonyl (C=O) groups excluding carboxylic acids is 1. The molecule has 1 heterocycles. The highest BCUT2D eigenvalue weighted by Gasteiger charge is 2.20. The van der Waals surface area contributed by atoms with E-state index in [4.69, 9.17) is 4.74 Å². The molecule has 14 heavy (non-hydrogen) atoms. The molecule has 0 radical (unpaired) electrons. The Morgan fingerprint density at radius 2 is 2.29 bits per heavy atom. The van der Waals surface area contributed by atoms with Crippen molar-refractivity contribution in [2.75, 3.05) is 6.61 Å². The van der Waals surface area contributed by atoms with Crippen LogP contribution in [0, 0.1) is 0 Å². The van der Waals surface area contributed by atoms with Crippen LogP contribution in [0.1, 0.15) is 30.6 Å². The molecule has 1 aromatic heterocycles. The Labute approximate surface area is 96.4 Å². The summed E-state index contributed by atoms with van der Waals surface area (Å²) < 4.78 is 6.23. The van der Waals surface area contributed by atoms with E-state index in [0.717, 1.165) is 16.5 Å². The molecule has 0 fully saturated rings. The van der Waals surface area contributed by atoms with E-state index >= 15 is 0 Å². The smallest absolute Gasteiger partial charge is 0.193 e. The number of hydrogen-bond acceptors (Lipinski definition) is 3. The van der Waals surface area contributed by atoms with Crippen LogP contribution in [0.25, 0.3) is 0 Å². The molecule has 78 valence electrons. The molecule has 0 bridgehead atoms. The molecule has 0 aliphatic carbocycles. The Bertz CT molecular complexity index is 309. The van der Waals surface area contributed by atoms with Crippen LogP contribution in [-0.4, -0.2) is 18.5 Å². The van der Waals surface area contributed by atoms with Crippen molar-refractivity contribution < 1.29 is 9.53 Å². The van der Waals surface area contributed by atoms with Crippen molar-refractivity contribution in [1.82, 2.24) is 0 Å². The number of rotatable bonds is 5. The van der Waals surface area contributed by atoms with Crippen molar-refractivity contribution in [3.63, 3.8) is 0 Å². The average Bonchev–Trinajstić information content (AvgIpc) is 2.59. The zero-order chi connectivity index (χ0) is 10.6. The fraction of sp³-hybridized carbons (Fsp3) is 0.500. The Balaban J connectivity index is 2.78. The van der Waals surface area contributed by atoms with Crippen LogP contribution < -0.4 is 0 Å². The highest BCUT2D eigenvalue weighted by Crippen LogP contribution is 2.23. The Hall–Kier alpha value is -0.190. The van der Waals surface area contributed by atoms with Gasteiger partial charge in [-0.2, -0.15) is 11.3 Å². The van der Waals surface area contributed by atoms with Crippen LogP contribution in [0.5, 0.6) is 0 Å². The second-order valence-electron chi connectivity index (χ2n) is 2.85. The van der Waals surface area contributed by atoms with Crippen molar-refractivity contribution in [3.05, 3.63) is 20.8 Å². The number of ether oxygens (including phenoxy) is 1. The normalized spacial score (nSPS) is 12.8. The molecule has 0 aromatic carbocycles. The lowest BCUT2D eigenvalue weighted by atomic mass is 10.1. The van der Waals surface area contributed by atoms with Crippen LogP contribution >= 0.6 is 27.3 Å². The van der Waals surface area contributed by atoms with E-state index in [1.54, 1.807) is 0 Å². The van der Waals surface area contributed by atoms with Crippen LogP contribution in [0.4, 0.5) is 0 Å². The zero-order valence-electron chi connectivity index (χ0n) is 8.25. The van der Waals surface area contributed by atoms with Gasteiger partial charge in [0.25, 0.3) is 0 Å². The number of carbonyl (C=O) groups is 1. The molecular formula is C10H13BrO2S. The molecule has 0 aliphatic rings. The van der Waals surface area contributed by atoms with Gasteiger partial charge in [-0.25, -0.2) is 0 Å². The summed E-state index contributed by atoms with van der Waals surface area (Å²) in [5.41, 5.74) is 0.732. The third kappa shape index (κ3) is 2.65. The molecule has 1 rings (SSSR count). The molecular weight excluding hydrogens is 264 g/mol. The number of halogens is 1. The van der Waals surface area contributed by atoms with E-state index in [-0.39, 0.29) is 11.9 Å². The predicted molar refractivity (Wildman–Crippen MR) is 62.1 cm³/mol. The predicted octanol–water partition coefficient (Wildman–Crippen LogP) is 3.51. The van der Waals surface area contributed by atoms with Gasteiger partial charge in [-0.05, 0) is 29.3 Å². The molecule has 0 N–H and O–H groups in total. The monoisotopic (exact) mass is 276 g/mol. The number of thiophene rings is 1. The Morgan fingerprint density at radius 1 is 1.57 bits per heavy atom. The lowest BCUT2D eigenvalue weighted by Crippen LogP contribution is -2.23. The first-order chi connectivity index (χ1) is 6.70. The molecule has 4 heteroatoms. The summed E-state index contributed by atoms with van der Waals surface area (Å²) in [5.74, 6) is 0.0717. The molecule has 0 amide bonds. The molecule has 0 saturated heterocycles. The Kier molecular flexibility index (Phi) is 4.78. The first-order valence-corrected chi connectivity index (χ1v) is 6.31.